The SMILES string of the molecule is CCOC(=O)c1ccc(N(CCOC)CC(=O)O)nc1. The van der Waals surface area contributed by atoms with E-state index in [1.54, 1.807) is 24.0 Å². The molecule has 110 valence electrons. The quantitative estimate of drug-likeness (QED) is 0.705. The topological polar surface area (TPSA) is 89.0 Å². The number of carboxylic acid groups (broad SMARTS) is 1. The monoisotopic (exact) mass is 282 g/mol. The zero-order chi connectivity index (χ0) is 15.0. The Hall–Kier alpha value is -2.15. The molecular formula is C13H18N2O5. The van der Waals surface area contributed by atoms with Crippen molar-refractivity contribution >= 4 is 17.8 Å². The van der Waals surface area contributed by atoms with E-state index < -0.39 is 11.9 Å². The number of hydrogen-bond acceptors (Lipinski definition) is 6. The van der Waals surface area contributed by atoms with Crippen LogP contribution in [0.2, 0.25) is 0 Å². The number of esters is 1. The van der Waals surface area contributed by atoms with Gasteiger partial charge in [-0.1, -0.05) is 0 Å². The van der Waals surface area contributed by atoms with Crippen LogP contribution in [0.3, 0.4) is 0 Å². The van der Waals surface area contributed by atoms with Gasteiger partial charge in [0.1, 0.15) is 12.4 Å². The Kier molecular flexibility index (Phi) is 6.45. The molecular weight excluding hydrogens is 264 g/mol. The van der Waals surface area contributed by atoms with E-state index >= 15 is 0 Å². The number of aromatic nitrogens is 1. The van der Waals surface area contributed by atoms with Gasteiger partial charge in [-0.25, -0.2) is 9.78 Å². The van der Waals surface area contributed by atoms with Gasteiger partial charge in [0.2, 0.25) is 0 Å². The minimum absolute atomic E-state index is 0.185. The largest absolute Gasteiger partial charge is 0.480 e. The van der Waals surface area contributed by atoms with Crippen molar-refractivity contribution in [3.05, 3.63) is 23.9 Å². The summed E-state index contributed by atoms with van der Waals surface area (Å²) in [4.78, 5) is 28.0. The molecule has 1 rings (SSSR count). The van der Waals surface area contributed by atoms with Gasteiger partial charge >= 0.3 is 11.9 Å². The fourth-order valence-corrected chi connectivity index (χ4v) is 1.55. The van der Waals surface area contributed by atoms with Crippen LogP contribution in [0.15, 0.2) is 18.3 Å². The fourth-order valence-electron chi connectivity index (χ4n) is 1.55. The summed E-state index contributed by atoms with van der Waals surface area (Å²) in [6, 6.07) is 3.15. The Bertz CT molecular complexity index is 447. The van der Waals surface area contributed by atoms with E-state index in [4.69, 9.17) is 14.6 Å². The van der Waals surface area contributed by atoms with Gasteiger partial charge in [0.05, 0.1) is 18.8 Å². The van der Waals surface area contributed by atoms with Crippen LogP contribution in [0.4, 0.5) is 5.82 Å². The number of nitrogens with zero attached hydrogens (tertiary/aromatic N) is 2. The van der Waals surface area contributed by atoms with Crippen LogP contribution in [-0.4, -0.2) is 55.4 Å². The van der Waals surface area contributed by atoms with Crippen molar-refractivity contribution in [1.29, 1.82) is 0 Å². The van der Waals surface area contributed by atoms with Gasteiger partial charge in [-0.2, -0.15) is 0 Å². The minimum Gasteiger partial charge on any atom is -0.480 e. The molecule has 20 heavy (non-hydrogen) atoms. The number of carbonyl (C=O) groups is 2. The first-order valence-corrected chi connectivity index (χ1v) is 6.17. The smallest absolute Gasteiger partial charge is 0.339 e. The highest BCUT2D eigenvalue weighted by Crippen LogP contribution is 2.12. The Morgan fingerprint density at radius 1 is 1.40 bits per heavy atom. The summed E-state index contributed by atoms with van der Waals surface area (Å²) < 4.78 is 9.78. The second kappa shape index (κ2) is 8.11. The van der Waals surface area contributed by atoms with Gasteiger partial charge in [-0.15, -0.1) is 0 Å². The average Bonchev–Trinajstić information content (AvgIpc) is 2.43. The molecule has 7 nitrogen and oxygen atoms in total. The van der Waals surface area contributed by atoms with Gasteiger partial charge < -0.3 is 19.5 Å². The first kappa shape index (κ1) is 15.9. The van der Waals surface area contributed by atoms with Gasteiger partial charge in [0, 0.05) is 19.9 Å². The van der Waals surface area contributed by atoms with E-state index in [1.807, 2.05) is 0 Å². The summed E-state index contributed by atoms with van der Waals surface area (Å²) >= 11 is 0. The summed E-state index contributed by atoms with van der Waals surface area (Å²) in [7, 11) is 1.54. The Labute approximate surface area is 117 Å². The molecule has 0 saturated heterocycles. The van der Waals surface area contributed by atoms with Crippen LogP contribution in [0, 0.1) is 0 Å². The molecule has 0 radical (unpaired) electrons. The first-order chi connectivity index (χ1) is 9.58. The number of aliphatic carboxylic acids is 1. The van der Waals surface area contributed by atoms with Crippen molar-refractivity contribution in [3.8, 4) is 0 Å². The molecule has 0 bridgehead atoms. The summed E-state index contributed by atoms with van der Waals surface area (Å²) in [5.74, 6) is -0.942. The third kappa shape index (κ3) is 4.85. The van der Waals surface area contributed by atoms with Crippen molar-refractivity contribution < 1.29 is 24.2 Å². The Balaban J connectivity index is 2.80. The first-order valence-electron chi connectivity index (χ1n) is 6.17. The number of anilines is 1. The maximum Gasteiger partial charge on any atom is 0.339 e. The lowest BCUT2D eigenvalue weighted by atomic mass is 10.3. The molecule has 0 aliphatic carbocycles. The predicted octanol–water partition coefficient (Wildman–Crippen LogP) is 0.796. The van der Waals surface area contributed by atoms with Crippen molar-refractivity contribution in [2.45, 2.75) is 6.92 Å². The number of pyridine rings is 1. The van der Waals surface area contributed by atoms with Gasteiger partial charge in [0.15, 0.2) is 0 Å². The van der Waals surface area contributed by atoms with Crippen LogP contribution in [0.25, 0.3) is 0 Å². The van der Waals surface area contributed by atoms with E-state index in [1.165, 1.54) is 13.3 Å². The zero-order valence-electron chi connectivity index (χ0n) is 11.5. The lowest BCUT2D eigenvalue weighted by Crippen LogP contribution is -2.33. The van der Waals surface area contributed by atoms with E-state index in [-0.39, 0.29) is 6.54 Å². The molecule has 0 saturated carbocycles. The standard InChI is InChI=1S/C13H18N2O5/c1-3-20-13(18)10-4-5-11(14-8-10)15(6-7-19-2)9-12(16)17/h4-5,8H,3,6-7,9H2,1-2H3,(H,16,17). The molecule has 7 heteroatoms. The molecule has 1 N–H and O–H groups in total. The second-order valence-corrected chi connectivity index (χ2v) is 3.93. The summed E-state index contributed by atoms with van der Waals surface area (Å²) in [6.07, 6.45) is 1.37. The van der Waals surface area contributed by atoms with Gasteiger partial charge in [0.25, 0.3) is 0 Å². The Morgan fingerprint density at radius 2 is 2.15 bits per heavy atom. The Morgan fingerprint density at radius 3 is 2.65 bits per heavy atom. The molecule has 0 unspecified atom stereocenters. The molecule has 0 fully saturated rings. The summed E-state index contributed by atoms with van der Waals surface area (Å²) in [6.45, 7) is 2.61. The molecule has 0 amide bonds. The number of methoxy groups -OCH3 is 1. The maximum atomic E-state index is 11.5. The van der Waals surface area contributed by atoms with Crippen molar-refractivity contribution in [2.24, 2.45) is 0 Å². The van der Waals surface area contributed by atoms with E-state index in [2.05, 4.69) is 4.98 Å². The van der Waals surface area contributed by atoms with Crippen molar-refractivity contribution in [1.82, 2.24) is 4.98 Å². The minimum atomic E-state index is -0.961. The van der Waals surface area contributed by atoms with Gasteiger partial charge in [-0.3, -0.25) is 4.79 Å². The summed E-state index contributed by atoms with van der Waals surface area (Å²) in [5, 5.41) is 8.87. The summed E-state index contributed by atoms with van der Waals surface area (Å²) in [5.41, 5.74) is 0.331. The fraction of sp³-hybridized carbons (Fsp3) is 0.462. The number of hydrogen-bond donors (Lipinski definition) is 1. The molecule has 1 heterocycles. The van der Waals surface area contributed by atoms with Crippen molar-refractivity contribution in [2.75, 3.05) is 38.3 Å². The van der Waals surface area contributed by atoms with E-state index in [9.17, 15) is 9.59 Å². The van der Waals surface area contributed by atoms with Crippen molar-refractivity contribution in [3.63, 3.8) is 0 Å². The third-order valence-electron chi connectivity index (χ3n) is 2.47. The zero-order valence-corrected chi connectivity index (χ0v) is 11.5. The van der Waals surface area contributed by atoms with Crippen LogP contribution in [-0.2, 0) is 14.3 Å². The third-order valence-corrected chi connectivity index (χ3v) is 2.47. The lowest BCUT2D eigenvalue weighted by Gasteiger charge is -2.21. The molecule has 0 aliphatic rings. The predicted molar refractivity (Wildman–Crippen MR) is 71.9 cm³/mol. The number of rotatable bonds is 8. The van der Waals surface area contributed by atoms with E-state index in [0.29, 0.717) is 31.1 Å². The second-order valence-electron chi connectivity index (χ2n) is 3.93. The normalized spacial score (nSPS) is 10.1. The molecule has 1 aromatic rings. The van der Waals surface area contributed by atoms with Crippen LogP contribution < -0.4 is 4.90 Å². The highest BCUT2D eigenvalue weighted by atomic mass is 16.5. The number of carbonyl (C=O) groups excluding carboxylic acids is 1. The maximum absolute atomic E-state index is 11.5. The highest BCUT2D eigenvalue weighted by molar-refractivity contribution is 5.89. The highest BCUT2D eigenvalue weighted by Gasteiger charge is 2.13. The number of ether oxygens (including phenoxy) is 2. The molecule has 0 atom stereocenters. The number of carboxylic acids is 1. The van der Waals surface area contributed by atoms with E-state index in [0.717, 1.165) is 0 Å². The van der Waals surface area contributed by atoms with Crippen LogP contribution in [0.1, 0.15) is 17.3 Å². The average molecular weight is 282 g/mol. The lowest BCUT2D eigenvalue weighted by molar-refractivity contribution is -0.135. The van der Waals surface area contributed by atoms with Crippen LogP contribution in [0.5, 0.6) is 0 Å². The molecule has 1 aromatic heterocycles. The van der Waals surface area contributed by atoms with Crippen LogP contribution >= 0.6 is 0 Å². The molecule has 0 spiro atoms. The molecule has 0 aliphatic heterocycles. The molecule has 0 aromatic carbocycles. The van der Waals surface area contributed by atoms with Gasteiger partial charge in [-0.05, 0) is 19.1 Å².